The number of aromatic nitrogens is 2. The molecule has 0 bridgehead atoms. The fourth-order valence-corrected chi connectivity index (χ4v) is 5.63. The first-order valence-electron chi connectivity index (χ1n) is 9.90. The maximum absolute atomic E-state index is 12.6. The van der Waals surface area contributed by atoms with Crippen LogP contribution < -0.4 is 11.1 Å². The quantitative estimate of drug-likeness (QED) is 0.754. The summed E-state index contributed by atoms with van der Waals surface area (Å²) >= 11 is 3.21. The predicted octanol–water partition coefficient (Wildman–Crippen LogP) is 2.35. The molecule has 1 aliphatic carbocycles. The Bertz CT molecular complexity index is 846. The third-order valence-electron chi connectivity index (χ3n) is 5.61. The highest BCUT2D eigenvalue weighted by Gasteiger charge is 2.33. The van der Waals surface area contributed by atoms with Crippen molar-refractivity contribution in [2.75, 3.05) is 18.2 Å². The molecule has 2 fully saturated rings. The van der Waals surface area contributed by atoms with Crippen LogP contribution in [0.1, 0.15) is 36.2 Å². The standard InChI is InChI=1S/C20H25N5O2S2/c21-17(20(27)25-8-9-28-12-25)13-3-5-15(6-4-13)23-18(26)16-11-29-19(24-16)14-2-1-7-22-10-14/h1-2,7,10-11,13,15,17H,3-6,8-9,12,21H2,(H,23,26). The summed E-state index contributed by atoms with van der Waals surface area (Å²) in [4.78, 5) is 35.5. The van der Waals surface area contributed by atoms with E-state index >= 15 is 0 Å². The third kappa shape index (κ3) is 4.79. The summed E-state index contributed by atoms with van der Waals surface area (Å²) in [6.07, 6.45) is 6.85. The largest absolute Gasteiger partial charge is 0.348 e. The molecule has 1 aliphatic heterocycles. The molecule has 0 spiro atoms. The molecular formula is C20H25N5O2S2. The van der Waals surface area contributed by atoms with Gasteiger partial charge in [-0.3, -0.25) is 14.6 Å². The lowest BCUT2D eigenvalue weighted by Crippen LogP contribution is -2.49. The zero-order valence-electron chi connectivity index (χ0n) is 16.1. The number of thioether (sulfide) groups is 1. The second-order valence-electron chi connectivity index (χ2n) is 7.53. The number of amides is 2. The average molecular weight is 432 g/mol. The van der Waals surface area contributed by atoms with Gasteiger partial charge in [0.2, 0.25) is 5.91 Å². The Kier molecular flexibility index (Phi) is 6.46. The number of nitrogens with zero attached hydrogens (tertiary/aromatic N) is 3. The topological polar surface area (TPSA) is 101 Å². The number of carbonyl (C=O) groups is 2. The fraction of sp³-hybridized carbons (Fsp3) is 0.500. The summed E-state index contributed by atoms with van der Waals surface area (Å²) in [5.74, 6) is 1.88. The highest BCUT2D eigenvalue weighted by Crippen LogP contribution is 2.28. The van der Waals surface area contributed by atoms with Crippen LogP contribution >= 0.6 is 23.1 Å². The monoisotopic (exact) mass is 431 g/mol. The minimum Gasteiger partial charge on any atom is -0.348 e. The van der Waals surface area contributed by atoms with Crippen LogP contribution in [0.5, 0.6) is 0 Å². The van der Waals surface area contributed by atoms with Crippen LogP contribution in [-0.2, 0) is 4.79 Å². The highest BCUT2D eigenvalue weighted by molar-refractivity contribution is 7.99. The minimum absolute atomic E-state index is 0.0767. The lowest BCUT2D eigenvalue weighted by molar-refractivity contribution is -0.132. The van der Waals surface area contributed by atoms with Crippen molar-refractivity contribution in [3.05, 3.63) is 35.6 Å². The fourth-order valence-electron chi connectivity index (χ4n) is 3.88. The van der Waals surface area contributed by atoms with Crippen LogP contribution in [0, 0.1) is 5.92 Å². The SMILES string of the molecule is NC(C(=O)N1CCSC1)C1CCC(NC(=O)c2csc(-c3cccnc3)n2)CC1. The van der Waals surface area contributed by atoms with Crippen molar-refractivity contribution in [1.29, 1.82) is 0 Å². The Morgan fingerprint density at radius 2 is 2.10 bits per heavy atom. The smallest absolute Gasteiger partial charge is 0.270 e. The lowest BCUT2D eigenvalue weighted by atomic mass is 9.81. The van der Waals surface area contributed by atoms with E-state index in [2.05, 4.69) is 15.3 Å². The van der Waals surface area contributed by atoms with Gasteiger partial charge in [0.15, 0.2) is 0 Å². The number of nitrogens with two attached hydrogens (primary N) is 1. The van der Waals surface area contributed by atoms with E-state index in [9.17, 15) is 9.59 Å². The number of rotatable bonds is 5. The van der Waals surface area contributed by atoms with Crippen LogP contribution in [0.15, 0.2) is 29.9 Å². The summed E-state index contributed by atoms with van der Waals surface area (Å²) in [5.41, 5.74) is 7.61. The average Bonchev–Trinajstić information content (AvgIpc) is 3.46. The normalized spacial score (nSPS) is 23.0. The number of carbonyl (C=O) groups excluding carboxylic acids is 2. The van der Waals surface area contributed by atoms with Gasteiger partial charge < -0.3 is 16.0 Å². The molecule has 2 aromatic heterocycles. The molecule has 1 atom stereocenters. The molecule has 2 amide bonds. The maximum Gasteiger partial charge on any atom is 0.270 e. The van der Waals surface area contributed by atoms with E-state index in [-0.39, 0.29) is 23.8 Å². The van der Waals surface area contributed by atoms with E-state index in [1.807, 2.05) is 17.0 Å². The molecule has 1 unspecified atom stereocenters. The van der Waals surface area contributed by atoms with E-state index in [1.54, 1.807) is 29.5 Å². The van der Waals surface area contributed by atoms with E-state index in [0.717, 1.165) is 54.4 Å². The molecular weight excluding hydrogens is 406 g/mol. The molecule has 154 valence electrons. The van der Waals surface area contributed by atoms with Gasteiger partial charge in [-0.2, -0.15) is 0 Å². The van der Waals surface area contributed by atoms with Gasteiger partial charge in [0.1, 0.15) is 10.7 Å². The van der Waals surface area contributed by atoms with E-state index in [4.69, 9.17) is 5.73 Å². The number of thiazole rings is 1. The second kappa shape index (κ2) is 9.23. The van der Waals surface area contributed by atoms with E-state index in [1.165, 1.54) is 11.3 Å². The molecule has 9 heteroatoms. The van der Waals surface area contributed by atoms with Crippen molar-refractivity contribution >= 4 is 34.9 Å². The molecule has 2 aromatic rings. The van der Waals surface area contributed by atoms with Crippen molar-refractivity contribution in [2.45, 2.75) is 37.8 Å². The molecule has 0 radical (unpaired) electrons. The summed E-state index contributed by atoms with van der Waals surface area (Å²) in [5, 5.41) is 5.67. The third-order valence-corrected chi connectivity index (χ3v) is 7.47. The van der Waals surface area contributed by atoms with Crippen molar-refractivity contribution in [1.82, 2.24) is 20.2 Å². The molecule has 1 saturated carbocycles. The van der Waals surface area contributed by atoms with Gasteiger partial charge in [-0.15, -0.1) is 23.1 Å². The van der Waals surface area contributed by atoms with Crippen LogP contribution in [0.2, 0.25) is 0 Å². The molecule has 29 heavy (non-hydrogen) atoms. The van der Waals surface area contributed by atoms with Crippen molar-refractivity contribution in [2.24, 2.45) is 11.7 Å². The number of hydrogen-bond acceptors (Lipinski definition) is 7. The predicted molar refractivity (Wildman–Crippen MR) is 116 cm³/mol. The molecule has 7 nitrogen and oxygen atoms in total. The van der Waals surface area contributed by atoms with Gasteiger partial charge in [-0.25, -0.2) is 4.98 Å². The highest BCUT2D eigenvalue weighted by atomic mass is 32.2. The zero-order valence-corrected chi connectivity index (χ0v) is 17.8. The first kappa shape index (κ1) is 20.3. The Balaban J connectivity index is 1.28. The Morgan fingerprint density at radius 3 is 2.79 bits per heavy atom. The van der Waals surface area contributed by atoms with Gasteiger partial charge >= 0.3 is 0 Å². The number of nitrogens with one attached hydrogen (secondary N) is 1. The second-order valence-corrected chi connectivity index (χ2v) is 9.46. The van der Waals surface area contributed by atoms with E-state index in [0.29, 0.717) is 5.69 Å². The van der Waals surface area contributed by atoms with Gasteiger partial charge in [-0.1, -0.05) is 0 Å². The van der Waals surface area contributed by atoms with Crippen LogP contribution in [-0.4, -0.2) is 56.9 Å². The van der Waals surface area contributed by atoms with Crippen molar-refractivity contribution < 1.29 is 9.59 Å². The molecule has 0 aromatic carbocycles. The van der Waals surface area contributed by atoms with Crippen molar-refractivity contribution in [3.8, 4) is 10.6 Å². The zero-order chi connectivity index (χ0) is 20.2. The summed E-state index contributed by atoms with van der Waals surface area (Å²) in [7, 11) is 0. The number of hydrogen-bond donors (Lipinski definition) is 2. The van der Waals surface area contributed by atoms with Gasteiger partial charge in [0.25, 0.3) is 5.91 Å². The van der Waals surface area contributed by atoms with Gasteiger partial charge in [0.05, 0.1) is 11.9 Å². The Morgan fingerprint density at radius 1 is 1.28 bits per heavy atom. The number of pyridine rings is 1. The summed E-state index contributed by atoms with van der Waals surface area (Å²) in [6.45, 7) is 0.803. The maximum atomic E-state index is 12.6. The molecule has 3 heterocycles. The van der Waals surface area contributed by atoms with Gasteiger partial charge in [0, 0.05) is 41.7 Å². The van der Waals surface area contributed by atoms with E-state index < -0.39 is 6.04 Å². The first-order valence-corrected chi connectivity index (χ1v) is 11.9. The van der Waals surface area contributed by atoms with Crippen LogP contribution in [0.4, 0.5) is 0 Å². The minimum atomic E-state index is -0.425. The van der Waals surface area contributed by atoms with Gasteiger partial charge in [-0.05, 0) is 43.7 Å². The lowest BCUT2D eigenvalue weighted by Gasteiger charge is -2.33. The summed E-state index contributed by atoms with van der Waals surface area (Å²) < 4.78 is 0. The summed E-state index contributed by atoms with van der Waals surface area (Å²) in [6, 6.07) is 3.46. The van der Waals surface area contributed by atoms with Crippen LogP contribution in [0.3, 0.4) is 0 Å². The molecule has 2 aliphatic rings. The van der Waals surface area contributed by atoms with Crippen LogP contribution in [0.25, 0.3) is 10.6 Å². The molecule has 3 N–H and O–H groups in total. The Hall–Kier alpha value is -1.97. The molecule has 1 saturated heterocycles. The molecule has 4 rings (SSSR count). The van der Waals surface area contributed by atoms with Crippen molar-refractivity contribution in [3.63, 3.8) is 0 Å². The first-order chi connectivity index (χ1) is 14.1. The Labute approximate surface area is 178 Å².